The summed E-state index contributed by atoms with van der Waals surface area (Å²) in [5.41, 5.74) is 5.91. The standard InChI is InChI=1S/C12H25N3O3S2/c1-19-7-5-11(13)12(16)15-6-3-4-10(9-15)8-14-20(2,17)18/h10-11,14H,3-9,13H2,1-2H3/t10?,11-/m0/s1. The Kier molecular flexibility index (Phi) is 7.28. The largest absolute Gasteiger partial charge is 0.341 e. The van der Waals surface area contributed by atoms with Crippen LogP contribution in [0.3, 0.4) is 0 Å². The summed E-state index contributed by atoms with van der Waals surface area (Å²) in [6.07, 6.45) is 5.66. The zero-order chi connectivity index (χ0) is 15.2. The predicted molar refractivity (Wildman–Crippen MR) is 83.1 cm³/mol. The molecule has 8 heteroatoms. The van der Waals surface area contributed by atoms with Crippen LogP contribution in [0.2, 0.25) is 0 Å². The second-order valence-electron chi connectivity index (χ2n) is 5.30. The summed E-state index contributed by atoms with van der Waals surface area (Å²) < 4.78 is 24.7. The summed E-state index contributed by atoms with van der Waals surface area (Å²) >= 11 is 1.68. The summed E-state index contributed by atoms with van der Waals surface area (Å²) in [4.78, 5) is 14.0. The van der Waals surface area contributed by atoms with E-state index in [-0.39, 0.29) is 11.8 Å². The number of piperidine rings is 1. The third kappa shape index (κ3) is 6.43. The van der Waals surface area contributed by atoms with Crippen LogP contribution in [-0.2, 0) is 14.8 Å². The lowest BCUT2D eigenvalue weighted by molar-refractivity contribution is -0.134. The first-order chi connectivity index (χ1) is 9.33. The fraction of sp³-hybridized carbons (Fsp3) is 0.917. The Morgan fingerprint density at radius 3 is 2.85 bits per heavy atom. The quantitative estimate of drug-likeness (QED) is 0.680. The molecule has 6 nitrogen and oxygen atoms in total. The predicted octanol–water partition coefficient (Wildman–Crippen LogP) is -0.145. The van der Waals surface area contributed by atoms with Crippen molar-refractivity contribution in [3.8, 4) is 0 Å². The Morgan fingerprint density at radius 2 is 2.25 bits per heavy atom. The van der Waals surface area contributed by atoms with Crippen molar-refractivity contribution in [2.45, 2.75) is 25.3 Å². The average molecular weight is 323 g/mol. The number of nitrogens with zero attached hydrogens (tertiary/aromatic N) is 1. The summed E-state index contributed by atoms with van der Waals surface area (Å²) in [6.45, 7) is 1.71. The highest BCUT2D eigenvalue weighted by Gasteiger charge is 2.27. The number of sulfonamides is 1. The highest BCUT2D eigenvalue weighted by atomic mass is 32.2. The van der Waals surface area contributed by atoms with Gasteiger partial charge < -0.3 is 10.6 Å². The van der Waals surface area contributed by atoms with E-state index in [1.54, 1.807) is 16.7 Å². The summed E-state index contributed by atoms with van der Waals surface area (Å²) in [7, 11) is -3.17. The van der Waals surface area contributed by atoms with Crippen LogP contribution in [-0.4, -0.2) is 63.2 Å². The number of carbonyl (C=O) groups is 1. The SMILES string of the molecule is CSCC[C@H](N)C(=O)N1CCCC(CNS(C)(=O)=O)C1. The molecule has 1 fully saturated rings. The Labute approximate surface area is 125 Å². The van der Waals surface area contributed by atoms with E-state index in [1.807, 2.05) is 6.26 Å². The molecule has 0 aromatic heterocycles. The molecule has 0 radical (unpaired) electrons. The van der Waals surface area contributed by atoms with Gasteiger partial charge in [-0.2, -0.15) is 11.8 Å². The molecule has 1 aliphatic rings. The number of thioether (sulfide) groups is 1. The van der Waals surface area contributed by atoms with Crippen LogP contribution in [0, 0.1) is 5.92 Å². The molecule has 2 atom stereocenters. The van der Waals surface area contributed by atoms with Gasteiger partial charge in [0.15, 0.2) is 0 Å². The number of hydrogen-bond acceptors (Lipinski definition) is 5. The number of nitrogens with two attached hydrogens (primary N) is 1. The minimum Gasteiger partial charge on any atom is -0.341 e. The molecule has 0 aromatic rings. The van der Waals surface area contributed by atoms with Crippen molar-refractivity contribution < 1.29 is 13.2 Å². The van der Waals surface area contributed by atoms with E-state index in [2.05, 4.69) is 4.72 Å². The molecule has 1 aliphatic heterocycles. The van der Waals surface area contributed by atoms with Gasteiger partial charge in [-0.15, -0.1) is 0 Å². The molecule has 1 rings (SSSR count). The Bertz CT molecular complexity index is 414. The van der Waals surface area contributed by atoms with E-state index in [4.69, 9.17) is 5.73 Å². The van der Waals surface area contributed by atoms with Gasteiger partial charge in [-0.25, -0.2) is 13.1 Å². The minimum absolute atomic E-state index is 0.0110. The van der Waals surface area contributed by atoms with Crippen LogP contribution in [0.5, 0.6) is 0 Å². The lowest BCUT2D eigenvalue weighted by atomic mass is 9.97. The van der Waals surface area contributed by atoms with Crippen molar-refractivity contribution >= 4 is 27.7 Å². The van der Waals surface area contributed by atoms with Crippen molar-refractivity contribution in [3.05, 3.63) is 0 Å². The normalized spacial score (nSPS) is 21.8. The first kappa shape index (κ1) is 17.7. The van der Waals surface area contributed by atoms with Crippen LogP contribution >= 0.6 is 11.8 Å². The molecular formula is C12H25N3O3S2. The highest BCUT2D eigenvalue weighted by Crippen LogP contribution is 2.17. The van der Waals surface area contributed by atoms with Crippen molar-refractivity contribution in [2.75, 3.05) is 37.9 Å². The summed E-state index contributed by atoms with van der Waals surface area (Å²) in [5, 5.41) is 0. The van der Waals surface area contributed by atoms with Crippen molar-refractivity contribution in [1.29, 1.82) is 0 Å². The Hall–Kier alpha value is -0.310. The van der Waals surface area contributed by atoms with Gasteiger partial charge in [0.1, 0.15) is 0 Å². The first-order valence-electron chi connectivity index (χ1n) is 6.81. The van der Waals surface area contributed by atoms with Crippen LogP contribution in [0.1, 0.15) is 19.3 Å². The highest BCUT2D eigenvalue weighted by molar-refractivity contribution is 7.98. The maximum absolute atomic E-state index is 12.2. The van der Waals surface area contributed by atoms with Gasteiger partial charge in [0.25, 0.3) is 0 Å². The molecule has 1 unspecified atom stereocenters. The Balaban J connectivity index is 2.45. The lowest BCUT2D eigenvalue weighted by Crippen LogP contribution is -2.49. The zero-order valence-electron chi connectivity index (χ0n) is 12.2. The van der Waals surface area contributed by atoms with Crippen LogP contribution in [0.15, 0.2) is 0 Å². The fourth-order valence-electron chi connectivity index (χ4n) is 2.30. The van der Waals surface area contributed by atoms with Gasteiger partial charge in [0.2, 0.25) is 15.9 Å². The van der Waals surface area contributed by atoms with E-state index in [0.717, 1.165) is 31.4 Å². The van der Waals surface area contributed by atoms with Crippen molar-refractivity contribution in [2.24, 2.45) is 11.7 Å². The maximum Gasteiger partial charge on any atom is 0.239 e. The van der Waals surface area contributed by atoms with E-state index >= 15 is 0 Å². The van der Waals surface area contributed by atoms with Gasteiger partial charge >= 0.3 is 0 Å². The second-order valence-corrected chi connectivity index (χ2v) is 8.12. The van der Waals surface area contributed by atoms with Crippen molar-refractivity contribution in [1.82, 2.24) is 9.62 Å². The molecule has 0 aliphatic carbocycles. The number of nitrogens with one attached hydrogen (secondary N) is 1. The van der Waals surface area contributed by atoms with Gasteiger partial charge in [-0.3, -0.25) is 4.79 Å². The monoisotopic (exact) mass is 323 g/mol. The molecule has 1 heterocycles. The van der Waals surface area contributed by atoms with Crippen LogP contribution in [0.25, 0.3) is 0 Å². The third-order valence-electron chi connectivity index (χ3n) is 3.42. The smallest absolute Gasteiger partial charge is 0.239 e. The summed E-state index contributed by atoms with van der Waals surface area (Å²) in [6, 6.07) is -0.441. The Morgan fingerprint density at radius 1 is 1.55 bits per heavy atom. The molecular weight excluding hydrogens is 298 g/mol. The van der Waals surface area contributed by atoms with Gasteiger partial charge in [0, 0.05) is 19.6 Å². The molecule has 1 amide bonds. The van der Waals surface area contributed by atoms with E-state index in [0.29, 0.717) is 19.5 Å². The molecule has 118 valence electrons. The second kappa shape index (κ2) is 8.21. The summed E-state index contributed by atoms with van der Waals surface area (Å²) in [5.74, 6) is 1.04. The fourth-order valence-corrected chi connectivity index (χ4v) is 3.33. The van der Waals surface area contributed by atoms with Gasteiger partial charge in [-0.1, -0.05) is 0 Å². The third-order valence-corrected chi connectivity index (χ3v) is 4.75. The average Bonchev–Trinajstić information content (AvgIpc) is 2.41. The number of hydrogen-bond donors (Lipinski definition) is 2. The van der Waals surface area contributed by atoms with Crippen LogP contribution < -0.4 is 10.5 Å². The number of rotatable bonds is 7. The molecule has 0 bridgehead atoms. The molecule has 1 saturated heterocycles. The van der Waals surface area contributed by atoms with Gasteiger partial charge in [-0.05, 0) is 37.2 Å². The van der Waals surface area contributed by atoms with E-state index in [9.17, 15) is 13.2 Å². The number of amides is 1. The maximum atomic E-state index is 12.2. The first-order valence-corrected chi connectivity index (χ1v) is 10.1. The topological polar surface area (TPSA) is 92.5 Å². The van der Waals surface area contributed by atoms with Gasteiger partial charge in [0.05, 0.1) is 12.3 Å². The van der Waals surface area contributed by atoms with E-state index < -0.39 is 16.1 Å². The van der Waals surface area contributed by atoms with E-state index in [1.165, 1.54) is 0 Å². The van der Waals surface area contributed by atoms with Crippen molar-refractivity contribution in [3.63, 3.8) is 0 Å². The molecule has 0 saturated carbocycles. The molecule has 0 spiro atoms. The minimum atomic E-state index is -3.17. The number of likely N-dealkylation sites (tertiary alicyclic amines) is 1. The van der Waals surface area contributed by atoms with Crippen LogP contribution in [0.4, 0.5) is 0 Å². The molecule has 20 heavy (non-hydrogen) atoms. The zero-order valence-corrected chi connectivity index (χ0v) is 13.8. The lowest BCUT2D eigenvalue weighted by Gasteiger charge is -2.34. The molecule has 3 N–H and O–H groups in total. The number of carbonyl (C=O) groups excluding carboxylic acids is 1. The molecule has 0 aromatic carbocycles.